The van der Waals surface area contributed by atoms with Gasteiger partial charge in [0.25, 0.3) is 0 Å². The molecule has 1 aromatic carbocycles. The minimum absolute atomic E-state index is 0.144. The van der Waals surface area contributed by atoms with E-state index in [4.69, 9.17) is 4.74 Å². The highest BCUT2D eigenvalue weighted by Crippen LogP contribution is 2.28. The third kappa shape index (κ3) is 2.22. The number of aryl methyl sites for hydroxylation is 3. The Hall–Kier alpha value is -1.88. The molecule has 0 radical (unpaired) electrons. The number of aliphatic hydroxyl groups excluding tert-OH is 1. The average Bonchev–Trinajstić information content (AvgIpc) is 2.58. The van der Waals surface area contributed by atoms with Gasteiger partial charge in [-0.2, -0.15) is 5.10 Å². The summed E-state index contributed by atoms with van der Waals surface area (Å²) in [6.07, 6.45) is 0. The van der Waals surface area contributed by atoms with E-state index in [1.54, 1.807) is 37.7 Å². The summed E-state index contributed by atoms with van der Waals surface area (Å²) in [4.78, 5) is 0. The maximum atomic E-state index is 13.2. The van der Waals surface area contributed by atoms with E-state index in [1.165, 1.54) is 6.07 Å². The lowest BCUT2D eigenvalue weighted by atomic mass is 10.2. The highest BCUT2D eigenvalue weighted by atomic mass is 19.1. The summed E-state index contributed by atoms with van der Waals surface area (Å²) in [6.45, 7) is 3.33. The molecule has 0 amide bonds. The molecule has 0 atom stereocenters. The molecule has 5 heteroatoms. The fourth-order valence-electron chi connectivity index (χ4n) is 1.78. The van der Waals surface area contributed by atoms with Gasteiger partial charge in [0.2, 0.25) is 5.88 Å². The molecule has 96 valence electrons. The highest BCUT2D eigenvalue weighted by Gasteiger charge is 2.14. The van der Waals surface area contributed by atoms with Crippen LogP contribution in [0.1, 0.15) is 16.8 Å². The molecule has 0 aliphatic heterocycles. The number of aromatic nitrogens is 2. The first-order valence-electron chi connectivity index (χ1n) is 5.60. The van der Waals surface area contributed by atoms with Gasteiger partial charge in [0.15, 0.2) is 0 Å². The Morgan fingerprint density at radius 1 is 1.39 bits per heavy atom. The summed E-state index contributed by atoms with van der Waals surface area (Å²) in [5, 5.41) is 13.5. The van der Waals surface area contributed by atoms with Crippen LogP contribution in [0.25, 0.3) is 0 Å². The van der Waals surface area contributed by atoms with Crippen molar-refractivity contribution in [1.82, 2.24) is 9.78 Å². The lowest BCUT2D eigenvalue weighted by Crippen LogP contribution is -1.97. The third-order valence-electron chi connectivity index (χ3n) is 2.79. The van der Waals surface area contributed by atoms with Crippen molar-refractivity contribution in [3.8, 4) is 11.6 Å². The Morgan fingerprint density at radius 3 is 2.72 bits per heavy atom. The molecule has 1 heterocycles. The molecule has 0 spiro atoms. The molecule has 2 rings (SSSR count). The Morgan fingerprint density at radius 2 is 2.11 bits per heavy atom. The van der Waals surface area contributed by atoms with Crippen molar-refractivity contribution in [3.63, 3.8) is 0 Å². The molecule has 4 nitrogen and oxygen atoms in total. The van der Waals surface area contributed by atoms with Crippen LogP contribution in [0.2, 0.25) is 0 Å². The zero-order valence-corrected chi connectivity index (χ0v) is 10.6. The molecule has 0 bridgehead atoms. The van der Waals surface area contributed by atoms with Gasteiger partial charge in [-0.1, -0.05) is 0 Å². The Kier molecular flexibility index (Phi) is 3.34. The molecule has 0 aliphatic rings. The number of hydrogen-bond donors (Lipinski definition) is 1. The minimum Gasteiger partial charge on any atom is -0.439 e. The highest BCUT2D eigenvalue weighted by molar-refractivity contribution is 5.36. The van der Waals surface area contributed by atoms with Crippen LogP contribution in [0, 0.1) is 19.7 Å². The second-order valence-corrected chi connectivity index (χ2v) is 4.16. The predicted octanol–water partition coefficient (Wildman–Crippen LogP) is 2.46. The Bertz CT molecular complexity index is 579. The number of hydrogen-bond acceptors (Lipinski definition) is 3. The second kappa shape index (κ2) is 4.78. The van der Waals surface area contributed by atoms with Crippen LogP contribution in [0.3, 0.4) is 0 Å². The summed E-state index contributed by atoms with van der Waals surface area (Å²) in [5.41, 5.74) is 1.87. The third-order valence-corrected chi connectivity index (χ3v) is 2.79. The van der Waals surface area contributed by atoms with E-state index in [9.17, 15) is 9.50 Å². The summed E-state index contributed by atoms with van der Waals surface area (Å²) in [6, 6.07) is 4.51. The van der Waals surface area contributed by atoms with Gasteiger partial charge >= 0.3 is 0 Å². The second-order valence-electron chi connectivity index (χ2n) is 4.16. The van der Waals surface area contributed by atoms with Gasteiger partial charge in [-0.05, 0) is 37.6 Å². The summed E-state index contributed by atoms with van der Waals surface area (Å²) in [5.74, 6) is 0.721. The standard InChI is InChI=1S/C13H15FN2O2/c1-8-6-10(4-5-12(8)14)18-13-11(7-17)9(2)15-16(13)3/h4-6,17H,7H2,1-3H3. The van der Waals surface area contributed by atoms with Crippen LogP contribution < -0.4 is 4.74 Å². The van der Waals surface area contributed by atoms with Crippen LogP contribution >= 0.6 is 0 Å². The fraction of sp³-hybridized carbons (Fsp3) is 0.308. The monoisotopic (exact) mass is 250 g/mol. The van der Waals surface area contributed by atoms with Crippen molar-refractivity contribution in [1.29, 1.82) is 0 Å². The maximum Gasteiger partial charge on any atom is 0.223 e. The smallest absolute Gasteiger partial charge is 0.223 e. The van der Waals surface area contributed by atoms with E-state index in [-0.39, 0.29) is 12.4 Å². The van der Waals surface area contributed by atoms with Crippen LogP contribution in [0.15, 0.2) is 18.2 Å². The number of aliphatic hydroxyl groups is 1. The molecule has 2 aromatic rings. The van der Waals surface area contributed by atoms with Crippen molar-refractivity contribution in [3.05, 3.63) is 40.8 Å². The van der Waals surface area contributed by atoms with E-state index < -0.39 is 0 Å². The molecule has 1 aromatic heterocycles. The van der Waals surface area contributed by atoms with Gasteiger partial charge in [0.05, 0.1) is 17.9 Å². The predicted molar refractivity (Wildman–Crippen MR) is 65.1 cm³/mol. The molecular weight excluding hydrogens is 235 g/mol. The van der Waals surface area contributed by atoms with Gasteiger partial charge in [0, 0.05) is 7.05 Å². The van der Waals surface area contributed by atoms with Crippen LogP contribution in [0.4, 0.5) is 4.39 Å². The zero-order chi connectivity index (χ0) is 13.3. The first-order chi connectivity index (χ1) is 8.52. The Balaban J connectivity index is 2.36. The van der Waals surface area contributed by atoms with E-state index in [0.29, 0.717) is 28.5 Å². The van der Waals surface area contributed by atoms with Crippen molar-refractivity contribution in [2.75, 3.05) is 0 Å². The lowest BCUT2D eigenvalue weighted by molar-refractivity contribution is 0.274. The number of ether oxygens (including phenoxy) is 1. The molecule has 0 fully saturated rings. The van der Waals surface area contributed by atoms with Crippen molar-refractivity contribution in [2.45, 2.75) is 20.5 Å². The largest absolute Gasteiger partial charge is 0.439 e. The number of halogens is 1. The topological polar surface area (TPSA) is 47.3 Å². The summed E-state index contributed by atoms with van der Waals surface area (Å²) < 4.78 is 20.4. The first kappa shape index (κ1) is 12.6. The van der Waals surface area contributed by atoms with Crippen molar-refractivity contribution < 1.29 is 14.2 Å². The molecule has 1 N–H and O–H groups in total. The molecular formula is C13H15FN2O2. The quantitative estimate of drug-likeness (QED) is 0.910. The van der Waals surface area contributed by atoms with Crippen LogP contribution in [-0.2, 0) is 13.7 Å². The van der Waals surface area contributed by atoms with E-state index in [2.05, 4.69) is 5.10 Å². The summed E-state index contributed by atoms with van der Waals surface area (Å²) >= 11 is 0. The SMILES string of the molecule is Cc1cc(Oc2c(CO)c(C)nn2C)ccc1F. The number of benzene rings is 1. The Labute approximate surface area is 105 Å². The van der Waals surface area contributed by atoms with Crippen LogP contribution in [-0.4, -0.2) is 14.9 Å². The zero-order valence-electron chi connectivity index (χ0n) is 10.6. The lowest BCUT2D eigenvalue weighted by Gasteiger charge is -2.08. The summed E-state index contributed by atoms with van der Waals surface area (Å²) in [7, 11) is 1.73. The molecule has 18 heavy (non-hydrogen) atoms. The maximum absolute atomic E-state index is 13.2. The van der Waals surface area contributed by atoms with Gasteiger partial charge in [-0.15, -0.1) is 0 Å². The van der Waals surface area contributed by atoms with E-state index in [0.717, 1.165) is 0 Å². The molecule has 0 saturated carbocycles. The van der Waals surface area contributed by atoms with Gasteiger partial charge in [-0.3, -0.25) is 0 Å². The molecule has 0 unspecified atom stereocenters. The fourth-order valence-corrected chi connectivity index (χ4v) is 1.78. The van der Waals surface area contributed by atoms with Crippen molar-refractivity contribution in [2.24, 2.45) is 7.05 Å². The van der Waals surface area contributed by atoms with Gasteiger partial charge in [-0.25, -0.2) is 9.07 Å². The van der Waals surface area contributed by atoms with Gasteiger partial charge < -0.3 is 9.84 Å². The molecule has 0 saturated heterocycles. The first-order valence-corrected chi connectivity index (χ1v) is 5.60. The normalized spacial score (nSPS) is 10.7. The number of nitrogens with zero attached hydrogens (tertiary/aromatic N) is 2. The van der Waals surface area contributed by atoms with E-state index >= 15 is 0 Å². The van der Waals surface area contributed by atoms with Crippen molar-refractivity contribution >= 4 is 0 Å². The number of rotatable bonds is 3. The van der Waals surface area contributed by atoms with Gasteiger partial charge in [0.1, 0.15) is 11.6 Å². The minimum atomic E-state index is -0.272. The van der Waals surface area contributed by atoms with Crippen LogP contribution in [0.5, 0.6) is 11.6 Å². The average molecular weight is 250 g/mol. The van der Waals surface area contributed by atoms with E-state index in [1.807, 2.05) is 0 Å². The molecule has 0 aliphatic carbocycles.